The number of carboxylic acid groups (broad SMARTS) is 1. The highest BCUT2D eigenvalue weighted by Gasteiger charge is 2.09. The number of anilines is 1. The van der Waals surface area contributed by atoms with Gasteiger partial charge >= 0.3 is 5.97 Å². The summed E-state index contributed by atoms with van der Waals surface area (Å²) in [6.45, 7) is 1.77. The maximum absolute atomic E-state index is 11.8. The Hall–Kier alpha value is -2.83. The standard InChI is InChI=1S/C12H10N4O3/c1-7-4-14-10(6-13-7)11(17)16-8-2-3-9(12(18)19)15-5-8/h2-6H,1H3,(H,16,17)(H,18,19). The second-order valence-corrected chi connectivity index (χ2v) is 3.73. The van der Waals surface area contributed by atoms with Crippen molar-refractivity contribution in [2.75, 3.05) is 5.32 Å². The summed E-state index contributed by atoms with van der Waals surface area (Å²) in [4.78, 5) is 34.0. The first-order valence-corrected chi connectivity index (χ1v) is 5.35. The number of rotatable bonds is 3. The normalized spacial score (nSPS) is 9.95. The summed E-state index contributed by atoms with van der Waals surface area (Å²) >= 11 is 0. The van der Waals surface area contributed by atoms with Gasteiger partial charge in [-0.3, -0.25) is 9.78 Å². The zero-order valence-electron chi connectivity index (χ0n) is 9.99. The number of amides is 1. The van der Waals surface area contributed by atoms with Crippen molar-refractivity contribution in [3.63, 3.8) is 0 Å². The van der Waals surface area contributed by atoms with E-state index in [2.05, 4.69) is 20.3 Å². The van der Waals surface area contributed by atoms with Crippen molar-refractivity contribution in [3.8, 4) is 0 Å². The van der Waals surface area contributed by atoms with Crippen LogP contribution in [0.5, 0.6) is 0 Å². The number of hydrogen-bond acceptors (Lipinski definition) is 5. The number of carboxylic acids is 1. The van der Waals surface area contributed by atoms with Gasteiger partial charge in [-0.05, 0) is 19.1 Å². The Balaban J connectivity index is 2.10. The summed E-state index contributed by atoms with van der Waals surface area (Å²) in [6, 6.07) is 2.76. The van der Waals surface area contributed by atoms with Crippen LogP contribution in [-0.2, 0) is 0 Å². The Morgan fingerprint density at radius 1 is 1.05 bits per heavy atom. The highest BCUT2D eigenvalue weighted by atomic mass is 16.4. The van der Waals surface area contributed by atoms with Crippen molar-refractivity contribution in [1.82, 2.24) is 15.0 Å². The van der Waals surface area contributed by atoms with Gasteiger partial charge in [0, 0.05) is 6.20 Å². The van der Waals surface area contributed by atoms with Gasteiger partial charge in [0.25, 0.3) is 5.91 Å². The molecule has 2 rings (SSSR count). The summed E-state index contributed by atoms with van der Waals surface area (Å²) in [5.74, 6) is -1.56. The van der Waals surface area contributed by atoms with Crippen molar-refractivity contribution in [2.45, 2.75) is 6.92 Å². The van der Waals surface area contributed by atoms with Gasteiger partial charge in [-0.1, -0.05) is 0 Å². The van der Waals surface area contributed by atoms with E-state index < -0.39 is 11.9 Å². The molecule has 2 aromatic rings. The van der Waals surface area contributed by atoms with E-state index >= 15 is 0 Å². The van der Waals surface area contributed by atoms with Crippen LogP contribution in [0.3, 0.4) is 0 Å². The minimum Gasteiger partial charge on any atom is -0.477 e. The third-order valence-electron chi connectivity index (χ3n) is 2.25. The fourth-order valence-corrected chi connectivity index (χ4v) is 1.30. The van der Waals surface area contributed by atoms with Gasteiger partial charge in [-0.2, -0.15) is 0 Å². The van der Waals surface area contributed by atoms with Gasteiger partial charge in [0.2, 0.25) is 0 Å². The second kappa shape index (κ2) is 5.21. The molecule has 2 aromatic heterocycles. The molecule has 2 N–H and O–H groups in total. The highest BCUT2D eigenvalue weighted by Crippen LogP contribution is 2.08. The lowest BCUT2D eigenvalue weighted by molar-refractivity contribution is 0.0690. The number of pyridine rings is 1. The van der Waals surface area contributed by atoms with E-state index in [4.69, 9.17) is 5.11 Å². The van der Waals surface area contributed by atoms with Crippen LogP contribution in [0.15, 0.2) is 30.7 Å². The van der Waals surface area contributed by atoms with Crippen LogP contribution < -0.4 is 5.32 Å². The molecular formula is C12H10N4O3. The molecule has 0 radical (unpaired) electrons. The Kier molecular flexibility index (Phi) is 3.46. The van der Waals surface area contributed by atoms with E-state index in [9.17, 15) is 9.59 Å². The number of hydrogen-bond donors (Lipinski definition) is 2. The van der Waals surface area contributed by atoms with Crippen LogP contribution in [0, 0.1) is 6.92 Å². The highest BCUT2D eigenvalue weighted by molar-refractivity contribution is 6.02. The summed E-state index contributed by atoms with van der Waals surface area (Å²) in [5.41, 5.74) is 1.18. The number of nitrogens with zero attached hydrogens (tertiary/aromatic N) is 3. The smallest absolute Gasteiger partial charge is 0.354 e. The quantitative estimate of drug-likeness (QED) is 0.854. The first kappa shape index (κ1) is 12.6. The minimum absolute atomic E-state index is 0.0897. The van der Waals surface area contributed by atoms with Gasteiger partial charge in [-0.25, -0.2) is 14.8 Å². The molecule has 0 bridgehead atoms. The van der Waals surface area contributed by atoms with E-state index in [0.29, 0.717) is 11.4 Å². The van der Waals surface area contributed by atoms with E-state index in [1.807, 2.05) is 0 Å². The zero-order valence-corrected chi connectivity index (χ0v) is 9.99. The largest absolute Gasteiger partial charge is 0.477 e. The molecule has 0 unspecified atom stereocenters. The van der Waals surface area contributed by atoms with Crippen LogP contribution >= 0.6 is 0 Å². The van der Waals surface area contributed by atoms with E-state index in [0.717, 1.165) is 0 Å². The molecule has 0 aromatic carbocycles. The molecule has 1 amide bonds. The maximum Gasteiger partial charge on any atom is 0.354 e. The molecule has 0 spiro atoms. The SMILES string of the molecule is Cc1cnc(C(=O)Nc2ccc(C(=O)O)nc2)cn1. The number of carbonyl (C=O) groups is 2. The van der Waals surface area contributed by atoms with Crippen LogP contribution in [0.25, 0.3) is 0 Å². The van der Waals surface area contributed by atoms with Crippen molar-refractivity contribution in [2.24, 2.45) is 0 Å². The molecule has 2 heterocycles. The first-order valence-electron chi connectivity index (χ1n) is 5.35. The lowest BCUT2D eigenvalue weighted by atomic mass is 10.3. The third-order valence-corrected chi connectivity index (χ3v) is 2.25. The molecule has 0 fully saturated rings. The fourth-order valence-electron chi connectivity index (χ4n) is 1.30. The van der Waals surface area contributed by atoms with E-state index in [1.54, 1.807) is 6.92 Å². The number of carbonyl (C=O) groups excluding carboxylic acids is 1. The topological polar surface area (TPSA) is 105 Å². The number of aryl methyl sites for hydroxylation is 1. The molecular weight excluding hydrogens is 248 g/mol. The summed E-state index contributed by atoms with van der Waals surface area (Å²) in [7, 11) is 0. The van der Waals surface area contributed by atoms with Crippen LogP contribution in [-0.4, -0.2) is 31.9 Å². The Bertz CT molecular complexity index is 608. The molecule has 0 atom stereocenters. The van der Waals surface area contributed by atoms with Crippen molar-refractivity contribution < 1.29 is 14.7 Å². The first-order chi connectivity index (χ1) is 9.06. The van der Waals surface area contributed by atoms with Crippen molar-refractivity contribution >= 4 is 17.6 Å². The summed E-state index contributed by atoms with van der Waals surface area (Å²) < 4.78 is 0. The lowest BCUT2D eigenvalue weighted by Crippen LogP contribution is -2.14. The maximum atomic E-state index is 11.8. The van der Waals surface area contributed by atoms with Crippen molar-refractivity contribution in [3.05, 3.63) is 47.8 Å². The van der Waals surface area contributed by atoms with Gasteiger partial charge in [0.1, 0.15) is 11.4 Å². The molecule has 96 valence electrons. The Morgan fingerprint density at radius 2 is 1.79 bits per heavy atom. The molecule has 0 saturated heterocycles. The van der Waals surface area contributed by atoms with E-state index in [-0.39, 0.29) is 11.4 Å². The van der Waals surface area contributed by atoms with E-state index in [1.165, 1.54) is 30.7 Å². The molecule has 0 aliphatic rings. The predicted octanol–water partition coefficient (Wildman–Crippen LogP) is 1.13. The number of nitrogens with one attached hydrogen (secondary N) is 1. The Labute approximate surface area is 108 Å². The average Bonchev–Trinajstić information content (AvgIpc) is 2.40. The molecule has 7 heteroatoms. The molecule has 7 nitrogen and oxygen atoms in total. The monoisotopic (exact) mass is 258 g/mol. The van der Waals surface area contributed by atoms with Crippen LogP contribution in [0.1, 0.15) is 26.7 Å². The van der Waals surface area contributed by atoms with Crippen molar-refractivity contribution in [1.29, 1.82) is 0 Å². The minimum atomic E-state index is -1.12. The lowest BCUT2D eigenvalue weighted by Gasteiger charge is -2.04. The summed E-state index contributed by atoms with van der Waals surface area (Å²) in [6.07, 6.45) is 4.12. The van der Waals surface area contributed by atoms with Gasteiger partial charge in [0.05, 0.1) is 23.8 Å². The van der Waals surface area contributed by atoms with Gasteiger partial charge < -0.3 is 10.4 Å². The van der Waals surface area contributed by atoms with Crippen LogP contribution in [0.4, 0.5) is 5.69 Å². The summed E-state index contributed by atoms with van der Waals surface area (Å²) in [5, 5.41) is 11.2. The second-order valence-electron chi connectivity index (χ2n) is 3.73. The molecule has 0 aliphatic heterocycles. The molecule has 0 saturated carbocycles. The molecule has 0 aliphatic carbocycles. The zero-order chi connectivity index (χ0) is 13.8. The predicted molar refractivity (Wildman–Crippen MR) is 65.9 cm³/mol. The number of aromatic carboxylic acids is 1. The van der Waals surface area contributed by atoms with Crippen LogP contribution in [0.2, 0.25) is 0 Å². The third kappa shape index (κ3) is 3.09. The van der Waals surface area contributed by atoms with Gasteiger partial charge in [-0.15, -0.1) is 0 Å². The van der Waals surface area contributed by atoms with Gasteiger partial charge in [0.15, 0.2) is 0 Å². The Morgan fingerprint density at radius 3 is 2.32 bits per heavy atom. The average molecular weight is 258 g/mol. The molecule has 19 heavy (non-hydrogen) atoms. The fraction of sp³-hybridized carbons (Fsp3) is 0.0833. The number of aromatic nitrogens is 3.